The van der Waals surface area contributed by atoms with E-state index in [1.807, 2.05) is 26.2 Å². The molecule has 0 radical (unpaired) electrons. The maximum absolute atomic E-state index is 14.1. The predicted molar refractivity (Wildman–Crippen MR) is 160 cm³/mol. The number of hydrogen-bond acceptors (Lipinski definition) is 4. The van der Waals surface area contributed by atoms with Gasteiger partial charge in [-0.3, -0.25) is 9.59 Å². The molecule has 0 saturated heterocycles. The molecule has 41 heavy (non-hydrogen) atoms. The van der Waals surface area contributed by atoms with E-state index in [0.717, 1.165) is 44.4 Å². The van der Waals surface area contributed by atoms with Crippen molar-refractivity contribution in [1.29, 1.82) is 0 Å². The maximum atomic E-state index is 14.1. The number of H-pyrrole nitrogens is 2. The second-order valence-electron chi connectivity index (χ2n) is 12.7. The summed E-state index contributed by atoms with van der Waals surface area (Å²) in [7, 11) is 0. The van der Waals surface area contributed by atoms with Crippen molar-refractivity contribution >= 4 is 68.2 Å². The molecule has 4 aromatic rings. The number of aromatic amines is 2. The Balaban J connectivity index is 1.09. The molecule has 5 aliphatic rings. The van der Waals surface area contributed by atoms with Crippen LogP contribution in [-0.4, -0.2) is 56.8 Å². The molecule has 4 N–H and O–H groups in total. The van der Waals surface area contributed by atoms with Crippen LogP contribution in [-0.2, 0) is 9.59 Å². The maximum Gasteiger partial charge on any atom is 0.233 e. The van der Waals surface area contributed by atoms with Crippen LogP contribution < -0.4 is 9.80 Å². The monoisotopic (exact) mass is 592 g/mol. The number of aromatic hydroxyl groups is 2. The lowest BCUT2D eigenvalue weighted by Gasteiger charge is -2.69. The first-order chi connectivity index (χ1) is 19.6. The molecule has 8 nitrogen and oxygen atoms in total. The van der Waals surface area contributed by atoms with E-state index in [1.165, 1.54) is 0 Å². The topological polar surface area (TPSA) is 113 Å². The Hall–Kier alpha value is -3.36. The van der Waals surface area contributed by atoms with Crippen LogP contribution in [0, 0.1) is 24.7 Å². The number of phenolic OH excluding ortho intramolecular Hbond substituents is 2. The summed E-state index contributed by atoms with van der Waals surface area (Å²) in [6, 6.07) is 3.35. The summed E-state index contributed by atoms with van der Waals surface area (Å²) in [5.41, 5.74) is 5.63. The third-order valence-corrected chi connectivity index (χ3v) is 11.1. The number of amides is 2. The predicted octanol–water partition coefficient (Wildman–Crippen LogP) is 5.89. The molecular weight excluding hydrogens is 563 g/mol. The normalized spacial score (nSPS) is 27.7. The third kappa shape index (κ3) is 3.02. The first-order valence-electron chi connectivity index (χ1n) is 14.1. The number of anilines is 2. The molecule has 2 aromatic heterocycles. The largest absolute Gasteiger partial charge is 0.506 e. The molecule has 4 heterocycles. The molecule has 2 unspecified atom stereocenters. The fourth-order valence-corrected chi connectivity index (χ4v) is 9.00. The van der Waals surface area contributed by atoms with Crippen molar-refractivity contribution in [3.8, 4) is 11.5 Å². The molecule has 3 fully saturated rings. The van der Waals surface area contributed by atoms with Crippen molar-refractivity contribution in [3.05, 3.63) is 46.8 Å². The summed E-state index contributed by atoms with van der Waals surface area (Å²) in [5, 5.41) is 23.4. The van der Waals surface area contributed by atoms with Gasteiger partial charge in [-0.2, -0.15) is 0 Å². The zero-order valence-corrected chi connectivity index (χ0v) is 24.3. The van der Waals surface area contributed by atoms with E-state index in [-0.39, 0.29) is 35.1 Å². The first-order valence-corrected chi connectivity index (χ1v) is 15.1. The second-order valence-corrected chi connectivity index (χ2v) is 13.3. The van der Waals surface area contributed by atoms with Gasteiger partial charge in [-0.15, -0.1) is 23.2 Å². The van der Waals surface area contributed by atoms with Crippen LogP contribution in [0.15, 0.2) is 24.5 Å². The highest BCUT2D eigenvalue weighted by molar-refractivity contribution is 6.20. The van der Waals surface area contributed by atoms with Crippen molar-refractivity contribution in [1.82, 2.24) is 9.97 Å². The molecule has 9 rings (SSSR count). The minimum absolute atomic E-state index is 0.00994. The van der Waals surface area contributed by atoms with Gasteiger partial charge in [-0.25, -0.2) is 0 Å². The van der Waals surface area contributed by atoms with Crippen LogP contribution in [0.2, 0.25) is 0 Å². The zero-order chi connectivity index (χ0) is 28.6. The molecule has 2 amide bonds. The minimum atomic E-state index is -0.580. The smallest absolute Gasteiger partial charge is 0.233 e. The highest BCUT2D eigenvalue weighted by Crippen LogP contribution is 2.75. The van der Waals surface area contributed by atoms with Gasteiger partial charge >= 0.3 is 0 Å². The minimum Gasteiger partial charge on any atom is -0.506 e. The standard InChI is InChI=1S/C31H30Cl2N4O4/c1-14-7-34-26-20(38)3-18-24(22(14)26)16(5-32)9-36(18)28(40)30-11-31(12-30,13-30)29(41)37-10-17(6-33)25-19(37)4-21(39)27-23(25)15(2)8-35-27/h3-4,7-8,16-17,34-35,38-39H,5-6,9-13H2,1-2H3. The number of halogens is 2. The molecule has 212 valence electrons. The second kappa shape index (κ2) is 8.13. The summed E-state index contributed by atoms with van der Waals surface area (Å²) in [4.78, 5) is 38.0. The van der Waals surface area contributed by atoms with Gasteiger partial charge in [-0.05, 0) is 55.4 Å². The number of aromatic nitrogens is 2. The summed E-state index contributed by atoms with van der Waals surface area (Å²) < 4.78 is 0. The Morgan fingerprint density at radius 1 is 0.805 bits per heavy atom. The van der Waals surface area contributed by atoms with Crippen LogP contribution >= 0.6 is 23.2 Å². The summed E-state index contributed by atoms with van der Waals surface area (Å²) >= 11 is 12.8. The first kappa shape index (κ1) is 25.4. The number of alkyl halides is 2. The van der Waals surface area contributed by atoms with Crippen molar-refractivity contribution < 1.29 is 19.8 Å². The number of fused-ring (bicyclic) bond motifs is 6. The Morgan fingerprint density at radius 3 is 1.56 bits per heavy atom. The number of phenols is 2. The van der Waals surface area contributed by atoms with E-state index in [0.29, 0.717) is 55.1 Å². The Labute approximate surface area is 246 Å². The number of aryl methyl sites for hydroxylation is 2. The van der Waals surface area contributed by atoms with Crippen LogP contribution in [0.3, 0.4) is 0 Å². The zero-order valence-electron chi connectivity index (χ0n) is 22.8. The Kier molecular flexibility index (Phi) is 5.03. The van der Waals surface area contributed by atoms with E-state index < -0.39 is 10.8 Å². The van der Waals surface area contributed by atoms with Gasteiger partial charge in [0.2, 0.25) is 11.8 Å². The van der Waals surface area contributed by atoms with Crippen molar-refractivity contribution in [2.24, 2.45) is 10.8 Å². The van der Waals surface area contributed by atoms with Gasteiger partial charge in [0.25, 0.3) is 0 Å². The fraction of sp³-hybridized carbons (Fsp3) is 0.419. The highest BCUT2D eigenvalue weighted by atomic mass is 35.5. The summed E-state index contributed by atoms with van der Waals surface area (Å²) in [6.07, 6.45) is 5.23. The van der Waals surface area contributed by atoms with Crippen LogP contribution in [0.4, 0.5) is 11.4 Å². The van der Waals surface area contributed by atoms with E-state index in [1.54, 1.807) is 21.9 Å². The molecule has 2 bridgehead atoms. The van der Waals surface area contributed by atoms with Crippen LogP contribution in [0.25, 0.3) is 21.8 Å². The van der Waals surface area contributed by atoms with Gasteiger partial charge < -0.3 is 30.0 Å². The molecule has 2 aliphatic heterocycles. The summed E-state index contributed by atoms with van der Waals surface area (Å²) in [5.74, 6) is 0.909. The molecule has 2 aromatic carbocycles. The molecule has 3 saturated carbocycles. The number of carbonyl (C=O) groups excluding carboxylic acids is 2. The number of rotatable bonds is 4. The third-order valence-electron chi connectivity index (χ3n) is 10.3. The van der Waals surface area contributed by atoms with E-state index in [2.05, 4.69) is 9.97 Å². The molecule has 2 atom stereocenters. The SMILES string of the molecule is Cc1c[nH]c2c(O)cc3c(c12)C(CCl)CN3C(=O)C12CC(C(=O)N3CC(CCl)c4c3cc(O)c3[nH]cc(C)c43)(C1)C2. The lowest BCUT2D eigenvalue weighted by atomic mass is 9.34. The lowest BCUT2D eigenvalue weighted by molar-refractivity contribution is -0.204. The van der Waals surface area contributed by atoms with E-state index in [9.17, 15) is 19.8 Å². The molecular formula is C31H30Cl2N4O4. The number of nitrogens with one attached hydrogen (secondary N) is 2. The van der Waals surface area contributed by atoms with Gasteiger partial charge in [0, 0.05) is 72.0 Å². The van der Waals surface area contributed by atoms with Gasteiger partial charge in [0.1, 0.15) is 11.5 Å². The number of nitrogens with zero attached hydrogens (tertiary/aromatic N) is 2. The Morgan fingerprint density at radius 2 is 1.20 bits per heavy atom. The summed E-state index contributed by atoms with van der Waals surface area (Å²) in [6.45, 7) is 4.90. The molecule has 10 heteroatoms. The Bertz CT molecular complexity index is 1690. The number of hydrogen-bond donors (Lipinski definition) is 4. The van der Waals surface area contributed by atoms with E-state index in [4.69, 9.17) is 23.2 Å². The van der Waals surface area contributed by atoms with Crippen molar-refractivity contribution in [3.63, 3.8) is 0 Å². The van der Waals surface area contributed by atoms with E-state index >= 15 is 0 Å². The van der Waals surface area contributed by atoms with Gasteiger partial charge in [0.05, 0.1) is 33.2 Å². The van der Waals surface area contributed by atoms with Crippen LogP contribution in [0.5, 0.6) is 11.5 Å². The number of carbonyl (C=O) groups is 2. The fourth-order valence-electron chi connectivity index (χ4n) is 8.50. The van der Waals surface area contributed by atoms with Crippen molar-refractivity contribution in [2.45, 2.75) is 44.9 Å². The van der Waals surface area contributed by atoms with Crippen molar-refractivity contribution in [2.75, 3.05) is 34.6 Å². The molecule has 0 spiro atoms. The average Bonchev–Trinajstić information content (AvgIpc) is 3.65. The van der Waals surface area contributed by atoms with Gasteiger partial charge in [0.15, 0.2) is 0 Å². The lowest BCUT2D eigenvalue weighted by Crippen LogP contribution is -2.73. The molecule has 3 aliphatic carbocycles. The number of benzene rings is 2. The quantitative estimate of drug-likeness (QED) is 0.221. The highest BCUT2D eigenvalue weighted by Gasteiger charge is 2.76. The van der Waals surface area contributed by atoms with Crippen LogP contribution in [0.1, 0.15) is 53.4 Å². The average molecular weight is 594 g/mol. The van der Waals surface area contributed by atoms with Gasteiger partial charge in [-0.1, -0.05) is 0 Å².